The van der Waals surface area contributed by atoms with Crippen molar-refractivity contribution in [2.45, 2.75) is 38.8 Å². The molecule has 7 heteroatoms. The van der Waals surface area contributed by atoms with E-state index >= 15 is 0 Å². The number of aromatic nitrogens is 2. The van der Waals surface area contributed by atoms with Crippen LogP contribution in [0.25, 0.3) is 0 Å². The second-order valence-electron chi connectivity index (χ2n) is 7.60. The quantitative estimate of drug-likeness (QED) is 0.595. The van der Waals surface area contributed by atoms with Crippen LogP contribution in [0.4, 0.5) is 24.8 Å². The number of nitrogens with one attached hydrogen (secondary N) is 1. The molecule has 1 N–H and O–H groups in total. The molecule has 1 heterocycles. The fraction of sp³-hybridized carbons (Fsp3) is 0.261. The summed E-state index contributed by atoms with van der Waals surface area (Å²) >= 11 is 0. The Bertz CT molecular complexity index is 1110. The summed E-state index contributed by atoms with van der Waals surface area (Å²) in [5.41, 5.74) is 3.38. The SMILES string of the molecule is Cc1ccc([C@H]2CC(=O)c3c(C)nc(Nc4cccc(C(F)(F)F)c4)nc3C2)cc1. The maximum atomic E-state index is 13.0. The fourth-order valence-corrected chi connectivity index (χ4v) is 3.81. The third-order valence-corrected chi connectivity index (χ3v) is 5.31. The minimum Gasteiger partial charge on any atom is -0.324 e. The third kappa shape index (κ3) is 4.06. The van der Waals surface area contributed by atoms with Crippen molar-refractivity contribution in [3.63, 3.8) is 0 Å². The van der Waals surface area contributed by atoms with Gasteiger partial charge in [0.25, 0.3) is 0 Å². The molecule has 0 aliphatic heterocycles. The molecule has 0 radical (unpaired) electrons. The van der Waals surface area contributed by atoms with Gasteiger partial charge in [0.1, 0.15) is 0 Å². The standard InChI is InChI=1S/C23H20F3N3O/c1-13-6-8-15(9-7-13)16-10-19-21(20(30)11-16)14(2)27-22(29-19)28-18-5-3-4-17(12-18)23(24,25)26/h3-9,12,16H,10-11H2,1-2H3,(H,27,28,29)/t16-/m1/s1. The molecule has 4 nitrogen and oxygen atoms in total. The van der Waals surface area contributed by atoms with Crippen molar-refractivity contribution in [1.82, 2.24) is 9.97 Å². The van der Waals surface area contributed by atoms with E-state index in [1.165, 1.54) is 12.1 Å². The minimum absolute atomic E-state index is 0.00931. The van der Waals surface area contributed by atoms with Gasteiger partial charge < -0.3 is 5.32 Å². The summed E-state index contributed by atoms with van der Waals surface area (Å²) in [4.78, 5) is 21.5. The molecule has 30 heavy (non-hydrogen) atoms. The van der Waals surface area contributed by atoms with E-state index in [0.29, 0.717) is 29.8 Å². The van der Waals surface area contributed by atoms with Crippen LogP contribution in [0.5, 0.6) is 0 Å². The highest BCUT2D eigenvalue weighted by atomic mass is 19.4. The molecule has 1 aliphatic carbocycles. The van der Waals surface area contributed by atoms with Gasteiger partial charge in [-0.3, -0.25) is 4.79 Å². The van der Waals surface area contributed by atoms with Gasteiger partial charge in [-0.15, -0.1) is 0 Å². The Hall–Kier alpha value is -3.22. The van der Waals surface area contributed by atoms with Crippen LogP contribution in [0.1, 0.15) is 50.8 Å². The zero-order valence-corrected chi connectivity index (χ0v) is 16.5. The zero-order chi connectivity index (χ0) is 21.5. The number of carbonyl (C=O) groups is 1. The molecule has 0 saturated carbocycles. The second kappa shape index (κ2) is 7.55. The Balaban J connectivity index is 1.64. The highest BCUT2D eigenvalue weighted by molar-refractivity contribution is 5.99. The summed E-state index contributed by atoms with van der Waals surface area (Å²) in [7, 11) is 0. The molecule has 4 rings (SSSR count). The first kappa shape index (κ1) is 20.1. The van der Waals surface area contributed by atoms with Crippen LogP contribution >= 0.6 is 0 Å². The molecule has 1 atom stereocenters. The number of rotatable bonds is 3. The van der Waals surface area contributed by atoms with Gasteiger partial charge in [-0.05, 0) is 49.9 Å². The lowest BCUT2D eigenvalue weighted by atomic mass is 9.81. The van der Waals surface area contributed by atoms with Gasteiger partial charge in [0.15, 0.2) is 5.78 Å². The zero-order valence-electron chi connectivity index (χ0n) is 16.5. The third-order valence-electron chi connectivity index (χ3n) is 5.31. The summed E-state index contributed by atoms with van der Waals surface area (Å²) in [6.45, 7) is 3.73. The van der Waals surface area contributed by atoms with Gasteiger partial charge in [0.05, 0.1) is 22.5 Å². The molecule has 3 aromatic rings. The number of fused-ring (bicyclic) bond motifs is 1. The van der Waals surface area contributed by atoms with E-state index in [4.69, 9.17) is 0 Å². The normalized spacial score (nSPS) is 16.3. The Labute approximate surface area is 172 Å². The Morgan fingerprint density at radius 1 is 1.00 bits per heavy atom. The maximum Gasteiger partial charge on any atom is 0.416 e. The average molecular weight is 411 g/mol. The first-order chi connectivity index (χ1) is 14.2. The smallest absolute Gasteiger partial charge is 0.324 e. The van der Waals surface area contributed by atoms with Crippen molar-refractivity contribution >= 4 is 17.4 Å². The van der Waals surface area contributed by atoms with E-state index in [9.17, 15) is 18.0 Å². The van der Waals surface area contributed by atoms with Crippen LogP contribution in [0.15, 0.2) is 48.5 Å². The minimum atomic E-state index is -4.43. The second-order valence-corrected chi connectivity index (χ2v) is 7.60. The topological polar surface area (TPSA) is 54.9 Å². The van der Waals surface area contributed by atoms with E-state index in [-0.39, 0.29) is 23.3 Å². The largest absolute Gasteiger partial charge is 0.416 e. The number of nitrogens with zero attached hydrogens (tertiary/aromatic N) is 2. The highest BCUT2D eigenvalue weighted by Gasteiger charge is 2.31. The summed E-state index contributed by atoms with van der Waals surface area (Å²) in [5.74, 6) is 0.189. The lowest BCUT2D eigenvalue weighted by Crippen LogP contribution is -2.22. The number of Topliss-reactive ketones (excluding diaryl/α,β-unsaturated/α-hetero) is 1. The van der Waals surface area contributed by atoms with E-state index in [1.807, 2.05) is 31.2 Å². The van der Waals surface area contributed by atoms with E-state index < -0.39 is 11.7 Å². The number of halogens is 3. The fourth-order valence-electron chi connectivity index (χ4n) is 3.81. The molecular weight excluding hydrogens is 391 g/mol. The summed E-state index contributed by atoms with van der Waals surface area (Å²) in [5, 5.41) is 2.85. The summed E-state index contributed by atoms with van der Waals surface area (Å²) < 4.78 is 38.9. The predicted molar refractivity (Wildman–Crippen MR) is 108 cm³/mol. The number of hydrogen-bond donors (Lipinski definition) is 1. The highest BCUT2D eigenvalue weighted by Crippen LogP contribution is 2.34. The Morgan fingerprint density at radius 2 is 1.73 bits per heavy atom. The summed E-state index contributed by atoms with van der Waals surface area (Å²) in [6, 6.07) is 12.9. The molecule has 154 valence electrons. The van der Waals surface area contributed by atoms with Crippen molar-refractivity contribution in [2.75, 3.05) is 5.32 Å². The van der Waals surface area contributed by atoms with Gasteiger partial charge in [-0.2, -0.15) is 13.2 Å². The molecule has 2 aromatic carbocycles. The molecular formula is C23H20F3N3O. The molecule has 0 amide bonds. The summed E-state index contributed by atoms with van der Waals surface area (Å²) in [6.07, 6.45) is -3.47. The van der Waals surface area contributed by atoms with Crippen molar-refractivity contribution in [3.05, 3.63) is 82.2 Å². The number of alkyl halides is 3. The Morgan fingerprint density at radius 3 is 2.43 bits per heavy atom. The molecule has 0 saturated heterocycles. The van der Waals surface area contributed by atoms with Crippen molar-refractivity contribution < 1.29 is 18.0 Å². The number of anilines is 2. The monoisotopic (exact) mass is 411 g/mol. The molecule has 1 aliphatic rings. The average Bonchev–Trinajstić information content (AvgIpc) is 2.67. The van der Waals surface area contributed by atoms with E-state index in [0.717, 1.165) is 23.3 Å². The van der Waals surface area contributed by atoms with Crippen LogP contribution in [0.3, 0.4) is 0 Å². The molecule has 0 spiro atoms. The number of hydrogen-bond acceptors (Lipinski definition) is 4. The predicted octanol–water partition coefficient (Wildman–Crippen LogP) is 5.77. The maximum absolute atomic E-state index is 13.0. The van der Waals surface area contributed by atoms with E-state index in [1.54, 1.807) is 6.92 Å². The molecule has 0 unspecified atom stereocenters. The van der Waals surface area contributed by atoms with Crippen molar-refractivity contribution in [3.8, 4) is 0 Å². The first-order valence-corrected chi connectivity index (χ1v) is 9.62. The van der Waals surface area contributed by atoms with E-state index in [2.05, 4.69) is 15.3 Å². The number of benzene rings is 2. The van der Waals surface area contributed by atoms with Gasteiger partial charge in [0.2, 0.25) is 5.95 Å². The van der Waals surface area contributed by atoms with Crippen LogP contribution < -0.4 is 5.32 Å². The lowest BCUT2D eigenvalue weighted by Gasteiger charge is -2.25. The molecule has 0 fully saturated rings. The van der Waals surface area contributed by atoms with Crippen LogP contribution in [-0.4, -0.2) is 15.8 Å². The van der Waals surface area contributed by atoms with Crippen LogP contribution in [0, 0.1) is 13.8 Å². The number of carbonyl (C=O) groups excluding carboxylic acids is 1. The Kier molecular flexibility index (Phi) is 5.05. The van der Waals surface area contributed by atoms with Gasteiger partial charge in [-0.25, -0.2) is 9.97 Å². The van der Waals surface area contributed by atoms with Crippen LogP contribution in [0.2, 0.25) is 0 Å². The first-order valence-electron chi connectivity index (χ1n) is 9.62. The number of ketones is 1. The van der Waals surface area contributed by atoms with Crippen LogP contribution in [-0.2, 0) is 12.6 Å². The van der Waals surface area contributed by atoms with Gasteiger partial charge in [-0.1, -0.05) is 35.9 Å². The molecule has 0 bridgehead atoms. The lowest BCUT2D eigenvalue weighted by molar-refractivity contribution is -0.137. The van der Waals surface area contributed by atoms with Gasteiger partial charge >= 0.3 is 6.18 Å². The van der Waals surface area contributed by atoms with Gasteiger partial charge in [0, 0.05) is 12.1 Å². The molecule has 1 aromatic heterocycles. The number of aryl methyl sites for hydroxylation is 2. The van der Waals surface area contributed by atoms with Crippen molar-refractivity contribution in [2.24, 2.45) is 0 Å². The van der Waals surface area contributed by atoms with Crippen molar-refractivity contribution in [1.29, 1.82) is 0 Å².